The minimum absolute atomic E-state index is 0.0175. The molecular formula is C21H33N3O2. The Labute approximate surface area is 158 Å². The van der Waals surface area contributed by atoms with Crippen LogP contribution in [0.15, 0.2) is 30.3 Å². The van der Waals surface area contributed by atoms with Gasteiger partial charge in [0.25, 0.3) is 0 Å². The van der Waals surface area contributed by atoms with E-state index in [2.05, 4.69) is 29.2 Å². The zero-order chi connectivity index (χ0) is 18.9. The zero-order valence-corrected chi connectivity index (χ0v) is 16.5. The van der Waals surface area contributed by atoms with E-state index in [4.69, 9.17) is 0 Å². The van der Waals surface area contributed by atoms with Crippen LogP contribution in [0.4, 0.5) is 0 Å². The van der Waals surface area contributed by atoms with Crippen molar-refractivity contribution in [2.24, 2.45) is 5.92 Å². The van der Waals surface area contributed by atoms with Crippen LogP contribution in [-0.2, 0) is 16.0 Å². The van der Waals surface area contributed by atoms with Crippen LogP contribution in [0.25, 0.3) is 0 Å². The molecule has 0 spiro atoms. The summed E-state index contributed by atoms with van der Waals surface area (Å²) in [5.74, 6) is 0.713. The fourth-order valence-electron chi connectivity index (χ4n) is 3.52. The van der Waals surface area contributed by atoms with Gasteiger partial charge in [-0.25, -0.2) is 0 Å². The first-order valence-electron chi connectivity index (χ1n) is 9.67. The quantitative estimate of drug-likeness (QED) is 0.715. The number of likely N-dealkylation sites (tertiary alicyclic amines) is 1. The molecular weight excluding hydrogens is 326 g/mol. The van der Waals surface area contributed by atoms with Gasteiger partial charge in [0.2, 0.25) is 11.8 Å². The van der Waals surface area contributed by atoms with E-state index >= 15 is 0 Å². The summed E-state index contributed by atoms with van der Waals surface area (Å²) >= 11 is 0. The Morgan fingerprint density at radius 3 is 2.31 bits per heavy atom. The highest BCUT2D eigenvalue weighted by Gasteiger charge is 2.24. The molecule has 1 aliphatic heterocycles. The molecule has 0 atom stereocenters. The minimum atomic E-state index is -0.0175. The predicted octanol–water partition coefficient (Wildman–Crippen LogP) is 2.27. The first-order chi connectivity index (χ1) is 12.5. The van der Waals surface area contributed by atoms with Gasteiger partial charge in [-0.1, -0.05) is 30.3 Å². The molecule has 0 radical (unpaired) electrons. The number of carbonyl (C=O) groups is 2. The number of piperidine rings is 1. The van der Waals surface area contributed by atoms with Crippen molar-refractivity contribution in [2.75, 3.05) is 46.8 Å². The lowest BCUT2D eigenvalue weighted by molar-refractivity contribution is -0.140. The van der Waals surface area contributed by atoms with Crippen molar-refractivity contribution in [1.29, 1.82) is 0 Å². The highest BCUT2D eigenvalue weighted by Crippen LogP contribution is 2.21. The number of carbonyl (C=O) groups excluding carboxylic acids is 2. The molecule has 26 heavy (non-hydrogen) atoms. The summed E-state index contributed by atoms with van der Waals surface area (Å²) in [5.41, 5.74) is 1.38. The van der Waals surface area contributed by atoms with E-state index in [9.17, 15) is 9.59 Å². The van der Waals surface area contributed by atoms with Crippen LogP contribution in [0.2, 0.25) is 0 Å². The number of amides is 2. The second-order valence-corrected chi connectivity index (χ2v) is 7.61. The number of rotatable bonds is 8. The lowest BCUT2D eigenvalue weighted by Crippen LogP contribution is -2.46. The second-order valence-electron chi connectivity index (χ2n) is 7.61. The maximum atomic E-state index is 12.6. The first kappa shape index (κ1) is 20.4. The molecule has 0 unspecified atom stereocenters. The van der Waals surface area contributed by atoms with Crippen molar-refractivity contribution in [3.8, 4) is 0 Å². The van der Waals surface area contributed by atoms with Crippen LogP contribution in [0.1, 0.15) is 31.7 Å². The fourth-order valence-corrected chi connectivity index (χ4v) is 3.52. The summed E-state index contributed by atoms with van der Waals surface area (Å²) in [6, 6.07) is 10.6. The Hall–Kier alpha value is -1.88. The number of nitrogens with zero attached hydrogens (tertiary/aromatic N) is 3. The molecule has 0 bridgehead atoms. The Bertz CT molecular complexity index is 566. The van der Waals surface area contributed by atoms with Crippen molar-refractivity contribution in [2.45, 2.75) is 32.6 Å². The van der Waals surface area contributed by atoms with Gasteiger partial charge in [0, 0.05) is 26.6 Å². The first-order valence-corrected chi connectivity index (χ1v) is 9.67. The maximum absolute atomic E-state index is 12.6. The molecule has 5 nitrogen and oxygen atoms in total. The van der Waals surface area contributed by atoms with E-state index in [1.807, 2.05) is 25.1 Å². The van der Waals surface area contributed by atoms with Gasteiger partial charge in [0.15, 0.2) is 0 Å². The molecule has 0 aromatic heterocycles. The van der Waals surface area contributed by atoms with Gasteiger partial charge in [-0.05, 0) is 57.8 Å². The van der Waals surface area contributed by atoms with Crippen LogP contribution in [-0.4, -0.2) is 73.3 Å². The van der Waals surface area contributed by atoms with E-state index in [0.29, 0.717) is 12.5 Å². The smallest absolute Gasteiger partial charge is 0.242 e. The average molecular weight is 360 g/mol. The van der Waals surface area contributed by atoms with E-state index in [1.165, 1.54) is 5.56 Å². The predicted molar refractivity (Wildman–Crippen MR) is 105 cm³/mol. The van der Waals surface area contributed by atoms with Crippen molar-refractivity contribution in [3.63, 3.8) is 0 Å². The lowest BCUT2D eigenvalue weighted by Gasteiger charge is -2.33. The molecule has 0 N–H and O–H groups in total. The molecule has 1 aromatic rings. The highest BCUT2D eigenvalue weighted by molar-refractivity contribution is 5.83. The third kappa shape index (κ3) is 6.79. The molecule has 1 aromatic carbocycles. The maximum Gasteiger partial charge on any atom is 0.242 e. The lowest BCUT2D eigenvalue weighted by atomic mass is 9.90. The molecule has 1 fully saturated rings. The van der Waals surface area contributed by atoms with Crippen LogP contribution < -0.4 is 0 Å². The summed E-state index contributed by atoms with van der Waals surface area (Å²) < 4.78 is 0. The monoisotopic (exact) mass is 359 g/mol. The largest absolute Gasteiger partial charge is 0.341 e. The third-order valence-electron chi connectivity index (χ3n) is 5.14. The summed E-state index contributed by atoms with van der Waals surface area (Å²) in [6.45, 7) is 4.94. The Morgan fingerprint density at radius 1 is 1.08 bits per heavy atom. The standard InChI is InChI=1S/C21H33N3O2/c1-18(25)24(13-7-12-22(2)3)17-21(26)23-14-10-20(11-15-23)16-19-8-5-4-6-9-19/h4-6,8-9,20H,7,10-17H2,1-3H3. The van der Waals surface area contributed by atoms with E-state index in [0.717, 1.165) is 45.3 Å². The minimum Gasteiger partial charge on any atom is -0.341 e. The zero-order valence-electron chi connectivity index (χ0n) is 16.5. The molecule has 2 rings (SSSR count). The van der Waals surface area contributed by atoms with Gasteiger partial charge >= 0.3 is 0 Å². The highest BCUT2D eigenvalue weighted by atomic mass is 16.2. The van der Waals surface area contributed by atoms with Crippen LogP contribution in [0, 0.1) is 5.92 Å². The molecule has 0 aliphatic carbocycles. The SMILES string of the molecule is CC(=O)N(CCCN(C)C)CC(=O)N1CCC(Cc2ccccc2)CC1. The molecule has 1 heterocycles. The van der Waals surface area contributed by atoms with E-state index in [1.54, 1.807) is 11.8 Å². The fraction of sp³-hybridized carbons (Fsp3) is 0.619. The van der Waals surface area contributed by atoms with Crippen molar-refractivity contribution >= 4 is 11.8 Å². The number of hydrogen-bond acceptors (Lipinski definition) is 3. The van der Waals surface area contributed by atoms with Gasteiger partial charge in [0.1, 0.15) is 0 Å². The van der Waals surface area contributed by atoms with Crippen LogP contribution in [0.3, 0.4) is 0 Å². The van der Waals surface area contributed by atoms with Crippen molar-refractivity contribution in [1.82, 2.24) is 14.7 Å². The molecule has 2 amide bonds. The molecule has 1 aliphatic rings. The van der Waals surface area contributed by atoms with E-state index < -0.39 is 0 Å². The summed E-state index contributed by atoms with van der Waals surface area (Å²) in [5, 5.41) is 0. The Kier molecular flexibility index (Phi) is 8.10. The van der Waals surface area contributed by atoms with Crippen molar-refractivity contribution in [3.05, 3.63) is 35.9 Å². The van der Waals surface area contributed by atoms with Gasteiger partial charge in [0.05, 0.1) is 6.54 Å². The molecule has 144 valence electrons. The van der Waals surface area contributed by atoms with Crippen LogP contribution >= 0.6 is 0 Å². The van der Waals surface area contributed by atoms with Crippen LogP contribution in [0.5, 0.6) is 0 Å². The molecule has 0 saturated carbocycles. The van der Waals surface area contributed by atoms with E-state index in [-0.39, 0.29) is 18.4 Å². The normalized spacial score (nSPS) is 15.3. The topological polar surface area (TPSA) is 43.9 Å². The Balaban J connectivity index is 1.76. The Morgan fingerprint density at radius 2 is 1.73 bits per heavy atom. The van der Waals surface area contributed by atoms with Gasteiger partial charge in [-0.3, -0.25) is 9.59 Å². The average Bonchev–Trinajstić information content (AvgIpc) is 2.62. The number of hydrogen-bond donors (Lipinski definition) is 0. The van der Waals surface area contributed by atoms with Crippen molar-refractivity contribution < 1.29 is 9.59 Å². The van der Waals surface area contributed by atoms with Gasteiger partial charge in [-0.15, -0.1) is 0 Å². The third-order valence-corrected chi connectivity index (χ3v) is 5.14. The summed E-state index contributed by atoms with van der Waals surface area (Å²) in [4.78, 5) is 30.1. The van der Waals surface area contributed by atoms with Gasteiger partial charge in [-0.2, -0.15) is 0 Å². The summed E-state index contributed by atoms with van der Waals surface area (Å²) in [6.07, 6.45) is 4.06. The summed E-state index contributed by atoms with van der Waals surface area (Å²) in [7, 11) is 4.03. The second kappa shape index (κ2) is 10.3. The molecule has 5 heteroatoms. The van der Waals surface area contributed by atoms with Gasteiger partial charge < -0.3 is 14.7 Å². The molecule has 1 saturated heterocycles. The number of benzene rings is 1.